The number of esters is 1. The highest BCUT2D eigenvalue weighted by molar-refractivity contribution is 5.89. The molecule has 0 aliphatic carbocycles. The molecule has 2 aromatic rings. The molecule has 1 aromatic heterocycles. The summed E-state index contributed by atoms with van der Waals surface area (Å²) in [4.78, 5) is 25.5. The van der Waals surface area contributed by atoms with E-state index in [1.54, 1.807) is 4.57 Å². The number of halogens is 1. The lowest BCUT2D eigenvalue weighted by molar-refractivity contribution is 0.0600. The van der Waals surface area contributed by atoms with Crippen LogP contribution in [0.4, 0.5) is 4.39 Å². The Labute approximate surface area is 108 Å². The molecule has 0 unspecified atom stereocenters. The molecule has 0 saturated heterocycles. The predicted molar refractivity (Wildman–Crippen MR) is 64.5 cm³/mol. The van der Waals surface area contributed by atoms with Gasteiger partial charge in [0.2, 0.25) is 0 Å². The van der Waals surface area contributed by atoms with Gasteiger partial charge in [-0.1, -0.05) is 6.07 Å². The molecule has 0 radical (unpaired) electrons. The van der Waals surface area contributed by atoms with Crippen molar-refractivity contribution in [2.45, 2.75) is 6.54 Å². The molecule has 0 amide bonds. The fourth-order valence-corrected chi connectivity index (χ4v) is 1.64. The van der Waals surface area contributed by atoms with Crippen LogP contribution in [0.25, 0.3) is 0 Å². The maximum absolute atomic E-state index is 13.8. The van der Waals surface area contributed by atoms with E-state index >= 15 is 0 Å². The third-order valence-electron chi connectivity index (χ3n) is 2.60. The highest BCUT2D eigenvalue weighted by Gasteiger charge is 2.10. The van der Waals surface area contributed by atoms with Gasteiger partial charge in [-0.05, 0) is 12.1 Å². The minimum atomic E-state index is -0.587. The molecule has 0 bridgehead atoms. The molecule has 5 nitrogen and oxygen atoms in total. The molecule has 6 heteroatoms. The van der Waals surface area contributed by atoms with Gasteiger partial charge in [0.25, 0.3) is 0 Å². The Morgan fingerprint density at radius 2 is 2.32 bits per heavy atom. The first-order valence-electron chi connectivity index (χ1n) is 5.47. The molecule has 19 heavy (non-hydrogen) atoms. The highest BCUT2D eigenvalue weighted by atomic mass is 19.1. The molecule has 0 aliphatic rings. The van der Waals surface area contributed by atoms with Crippen molar-refractivity contribution in [3.63, 3.8) is 0 Å². The third-order valence-corrected chi connectivity index (χ3v) is 2.60. The van der Waals surface area contributed by atoms with E-state index in [1.165, 1.54) is 31.8 Å². The standard InChI is InChI=1S/C13H11FN2O3/c1-19-13(18)9-2-3-10(12(14)4-9)5-16-6-11(7-17)15-8-16/h2-4,6-8H,5H2,1H3. The number of methoxy groups -OCH3 is 1. The fourth-order valence-electron chi connectivity index (χ4n) is 1.64. The van der Waals surface area contributed by atoms with E-state index in [0.717, 1.165) is 6.07 Å². The van der Waals surface area contributed by atoms with Crippen LogP contribution in [0.3, 0.4) is 0 Å². The first kappa shape index (κ1) is 12.9. The maximum atomic E-state index is 13.8. The third kappa shape index (κ3) is 2.85. The molecular formula is C13H11FN2O3. The Morgan fingerprint density at radius 1 is 1.53 bits per heavy atom. The Hall–Kier alpha value is -2.50. The lowest BCUT2D eigenvalue weighted by Gasteiger charge is -2.06. The minimum Gasteiger partial charge on any atom is -0.465 e. The van der Waals surface area contributed by atoms with Crippen molar-refractivity contribution >= 4 is 12.3 Å². The fraction of sp³-hybridized carbons (Fsp3) is 0.154. The summed E-state index contributed by atoms with van der Waals surface area (Å²) in [7, 11) is 1.24. The van der Waals surface area contributed by atoms with Crippen LogP contribution in [0, 0.1) is 5.82 Å². The monoisotopic (exact) mass is 262 g/mol. The van der Waals surface area contributed by atoms with Crippen LogP contribution >= 0.6 is 0 Å². The second-order valence-electron chi connectivity index (χ2n) is 3.89. The number of aldehydes is 1. The van der Waals surface area contributed by atoms with Crippen LogP contribution in [0.2, 0.25) is 0 Å². The summed E-state index contributed by atoms with van der Waals surface area (Å²) in [6.07, 6.45) is 3.57. The first-order chi connectivity index (χ1) is 9.13. The van der Waals surface area contributed by atoms with Crippen LogP contribution in [-0.2, 0) is 11.3 Å². The number of imidazole rings is 1. The summed E-state index contributed by atoms with van der Waals surface area (Å²) in [5, 5.41) is 0. The van der Waals surface area contributed by atoms with Crippen molar-refractivity contribution in [3.8, 4) is 0 Å². The summed E-state index contributed by atoms with van der Waals surface area (Å²) in [5.74, 6) is -1.10. The number of hydrogen-bond acceptors (Lipinski definition) is 4. The van der Waals surface area contributed by atoms with Gasteiger partial charge in [0.1, 0.15) is 11.5 Å². The quantitative estimate of drug-likeness (QED) is 0.621. The smallest absolute Gasteiger partial charge is 0.337 e. The van der Waals surface area contributed by atoms with E-state index in [0.29, 0.717) is 11.8 Å². The number of aromatic nitrogens is 2. The zero-order chi connectivity index (χ0) is 13.8. The number of carbonyl (C=O) groups excluding carboxylic acids is 2. The van der Waals surface area contributed by atoms with Gasteiger partial charge < -0.3 is 9.30 Å². The predicted octanol–water partition coefficient (Wildman–Crippen LogP) is 1.67. The van der Waals surface area contributed by atoms with Crippen molar-refractivity contribution in [2.24, 2.45) is 0 Å². The van der Waals surface area contributed by atoms with Crippen LogP contribution in [-0.4, -0.2) is 28.9 Å². The van der Waals surface area contributed by atoms with Gasteiger partial charge >= 0.3 is 5.97 Å². The van der Waals surface area contributed by atoms with Gasteiger partial charge in [0.05, 0.1) is 25.5 Å². The lowest BCUT2D eigenvalue weighted by atomic mass is 10.1. The van der Waals surface area contributed by atoms with Gasteiger partial charge in [-0.2, -0.15) is 0 Å². The molecule has 0 spiro atoms. The van der Waals surface area contributed by atoms with Crippen molar-refractivity contribution in [2.75, 3.05) is 7.11 Å². The van der Waals surface area contributed by atoms with Crippen molar-refractivity contribution in [1.82, 2.24) is 9.55 Å². The van der Waals surface area contributed by atoms with Gasteiger partial charge in [-0.3, -0.25) is 4.79 Å². The van der Waals surface area contributed by atoms with E-state index in [9.17, 15) is 14.0 Å². The average molecular weight is 262 g/mol. The van der Waals surface area contributed by atoms with E-state index in [4.69, 9.17) is 0 Å². The van der Waals surface area contributed by atoms with E-state index in [2.05, 4.69) is 9.72 Å². The summed E-state index contributed by atoms with van der Waals surface area (Å²) < 4.78 is 19.9. The first-order valence-corrected chi connectivity index (χ1v) is 5.47. The number of rotatable bonds is 4. The van der Waals surface area contributed by atoms with Crippen molar-refractivity contribution in [3.05, 3.63) is 53.4 Å². The Bertz CT molecular complexity index is 622. The summed E-state index contributed by atoms with van der Waals surface area (Å²) in [6.45, 7) is 0.230. The zero-order valence-electron chi connectivity index (χ0n) is 10.2. The van der Waals surface area contributed by atoms with Gasteiger partial charge in [0, 0.05) is 11.8 Å². The highest BCUT2D eigenvalue weighted by Crippen LogP contribution is 2.13. The normalized spacial score (nSPS) is 10.2. The summed E-state index contributed by atoms with van der Waals surface area (Å²) in [5.41, 5.74) is 0.831. The maximum Gasteiger partial charge on any atom is 0.337 e. The second kappa shape index (κ2) is 5.43. The molecule has 0 aliphatic heterocycles. The number of benzene rings is 1. The summed E-state index contributed by atoms with van der Waals surface area (Å²) >= 11 is 0. The molecular weight excluding hydrogens is 251 g/mol. The van der Waals surface area contributed by atoms with Crippen LogP contribution in [0.15, 0.2) is 30.7 Å². The Kier molecular flexibility index (Phi) is 3.70. The lowest BCUT2D eigenvalue weighted by Crippen LogP contribution is -2.05. The van der Waals surface area contributed by atoms with E-state index in [-0.39, 0.29) is 17.8 Å². The van der Waals surface area contributed by atoms with Crippen LogP contribution in [0.5, 0.6) is 0 Å². The molecule has 1 heterocycles. The SMILES string of the molecule is COC(=O)c1ccc(Cn2cnc(C=O)c2)c(F)c1. The second-order valence-corrected chi connectivity index (χ2v) is 3.89. The van der Waals surface area contributed by atoms with Gasteiger partial charge in [0.15, 0.2) is 6.29 Å². The van der Waals surface area contributed by atoms with Crippen molar-refractivity contribution in [1.29, 1.82) is 0 Å². The molecule has 2 rings (SSSR count). The largest absolute Gasteiger partial charge is 0.465 e. The zero-order valence-corrected chi connectivity index (χ0v) is 10.2. The topological polar surface area (TPSA) is 61.2 Å². The van der Waals surface area contributed by atoms with Gasteiger partial charge in [-0.25, -0.2) is 14.2 Å². The number of carbonyl (C=O) groups is 2. The minimum absolute atomic E-state index is 0.156. The molecule has 0 fully saturated rings. The van der Waals surface area contributed by atoms with Crippen LogP contribution < -0.4 is 0 Å². The number of hydrogen-bond donors (Lipinski definition) is 0. The molecule has 0 saturated carbocycles. The molecule has 0 N–H and O–H groups in total. The molecule has 0 atom stereocenters. The van der Waals surface area contributed by atoms with Crippen LogP contribution in [0.1, 0.15) is 26.4 Å². The van der Waals surface area contributed by atoms with E-state index in [1.807, 2.05) is 0 Å². The van der Waals surface area contributed by atoms with Gasteiger partial charge in [-0.15, -0.1) is 0 Å². The molecule has 1 aromatic carbocycles. The van der Waals surface area contributed by atoms with E-state index < -0.39 is 11.8 Å². The Balaban J connectivity index is 2.21. The average Bonchev–Trinajstić information content (AvgIpc) is 2.88. The number of ether oxygens (including phenoxy) is 1. The summed E-state index contributed by atoms with van der Waals surface area (Å²) in [6, 6.07) is 4.11. The van der Waals surface area contributed by atoms with Crippen molar-refractivity contribution < 1.29 is 18.7 Å². The molecule has 98 valence electrons. The Morgan fingerprint density at radius 3 is 2.89 bits per heavy atom. The number of nitrogens with zero attached hydrogens (tertiary/aromatic N) is 2.